The van der Waals surface area contributed by atoms with E-state index < -0.39 is 18.1 Å². The number of methoxy groups -OCH3 is 1. The molecule has 2 N–H and O–H groups in total. The van der Waals surface area contributed by atoms with Crippen molar-refractivity contribution in [3.8, 4) is 0 Å². The van der Waals surface area contributed by atoms with Gasteiger partial charge in [-0.2, -0.15) is 0 Å². The molecule has 0 aliphatic carbocycles. The largest absolute Gasteiger partial charge is 0.480 e. The number of carboxylic acids is 1. The number of nitrogens with zero attached hydrogens (tertiary/aromatic N) is 2. The van der Waals surface area contributed by atoms with Gasteiger partial charge in [0.1, 0.15) is 6.04 Å². The number of aliphatic hydroxyl groups excluding tert-OH is 1. The van der Waals surface area contributed by atoms with Gasteiger partial charge < -0.3 is 24.7 Å². The average Bonchev–Trinajstić information content (AvgIpc) is 2.72. The first-order valence-corrected chi connectivity index (χ1v) is 5.96. The summed E-state index contributed by atoms with van der Waals surface area (Å²) in [5.41, 5.74) is 0. The van der Waals surface area contributed by atoms with Gasteiger partial charge in [0.25, 0.3) is 0 Å². The molecule has 7 heteroatoms. The number of hydrogen-bond donors (Lipinski definition) is 2. The van der Waals surface area contributed by atoms with Crippen LogP contribution in [0.3, 0.4) is 0 Å². The SMILES string of the molecule is CCN(CCOC)C(=O)N1C[C@@H](O)C[C@H]1C(=O)O. The first kappa shape index (κ1) is 14.7. The normalized spacial score (nSPS) is 23.2. The topological polar surface area (TPSA) is 90.3 Å². The number of likely N-dealkylation sites (tertiary alicyclic amines) is 1. The quantitative estimate of drug-likeness (QED) is 0.701. The Morgan fingerprint density at radius 3 is 2.67 bits per heavy atom. The summed E-state index contributed by atoms with van der Waals surface area (Å²) in [5.74, 6) is -1.08. The van der Waals surface area contributed by atoms with Crippen molar-refractivity contribution in [3.63, 3.8) is 0 Å². The number of aliphatic carboxylic acids is 1. The Hall–Kier alpha value is -1.34. The van der Waals surface area contributed by atoms with Crippen molar-refractivity contribution in [3.05, 3.63) is 0 Å². The monoisotopic (exact) mass is 260 g/mol. The third-order valence-corrected chi connectivity index (χ3v) is 3.03. The lowest BCUT2D eigenvalue weighted by Gasteiger charge is -2.29. The molecular weight excluding hydrogens is 240 g/mol. The zero-order valence-electron chi connectivity index (χ0n) is 10.7. The third kappa shape index (κ3) is 3.33. The maximum absolute atomic E-state index is 12.2. The summed E-state index contributed by atoms with van der Waals surface area (Å²) in [4.78, 5) is 25.9. The minimum Gasteiger partial charge on any atom is -0.480 e. The van der Waals surface area contributed by atoms with Gasteiger partial charge in [-0.3, -0.25) is 0 Å². The van der Waals surface area contributed by atoms with Gasteiger partial charge >= 0.3 is 12.0 Å². The Labute approximate surface area is 106 Å². The number of ether oxygens (including phenoxy) is 1. The van der Waals surface area contributed by atoms with Crippen LogP contribution in [-0.2, 0) is 9.53 Å². The van der Waals surface area contributed by atoms with E-state index in [4.69, 9.17) is 9.84 Å². The third-order valence-electron chi connectivity index (χ3n) is 3.03. The lowest BCUT2D eigenvalue weighted by atomic mass is 10.2. The van der Waals surface area contributed by atoms with Crippen LogP contribution < -0.4 is 0 Å². The second-order valence-electron chi connectivity index (χ2n) is 4.25. The van der Waals surface area contributed by atoms with Crippen LogP contribution >= 0.6 is 0 Å². The van der Waals surface area contributed by atoms with Gasteiger partial charge in [-0.05, 0) is 6.92 Å². The van der Waals surface area contributed by atoms with Crippen molar-refractivity contribution in [2.75, 3.05) is 33.4 Å². The lowest BCUT2D eigenvalue weighted by molar-refractivity contribution is -0.141. The van der Waals surface area contributed by atoms with Crippen molar-refractivity contribution in [1.29, 1.82) is 0 Å². The van der Waals surface area contributed by atoms with E-state index in [0.717, 1.165) is 0 Å². The highest BCUT2D eigenvalue weighted by Crippen LogP contribution is 2.19. The van der Waals surface area contributed by atoms with E-state index in [9.17, 15) is 14.7 Å². The molecule has 7 nitrogen and oxygen atoms in total. The molecular formula is C11H20N2O5. The number of rotatable bonds is 5. The van der Waals surface area contributed by atoms with E-state index in [1.165, 1.54) is 16.9 Å². The Kier molecular flexibility index (Phi) is 5.36. The molecule has 18 heavy (non-hydrogen) atoms. The van der Waals surface area contributed by atoms with Crippen molar-refractivity contribution in [2.24, 2.45) is 0 Å². The molecule has 1 heterocycles. The van der Waals surface area contributed by atoms with Gasteiger partial charge in [-0.15, -0.1) is 0 Å². The van der Waals surface area contributed by atoms with E-state index in [1.807, 2.05) is 6.92 Å². The predicted molar refractivity (Wildman–Crippen MR) is 63.3 cm³/mol. The number of urea groups is 1. The molecule has 0 spiro atoms. The van der Waals surface area contributed by atoms with Crippen LogP contribution in [0, 0.1) is 0 Å². The zero-order valence-corrected chi connectivity index (χ0v) is 10.7. The minimum atomic E-state index is -1.08. The fraction of sp³-hybridized carbons (Fsp3) is 0.818. The molecule has 1 saturated heterocycles. The molecule has 0 aromatic carbocycles. The second kappa shape index (κ2) is 6.55. The number of likely N-dealkylation sites (N-methyl/N-ethyl adjacent to an activating group) is 1. The Morgan fingerprint density at radius 2 is 2.17 bits per heavy atom. The maximum Gasteiger partial charge on any atom is 0.326 e. The number of aliphatic hydroxyl groups is 1. The van der Waals surface area contributed by atoms with Crippen molar-refractivity contribution in [1.82, 2.24) is 9.80 Å². The smallest absolute Gasteiger partial charge is 0.326 e. The lowest BCUT2D eigenvalue weighted by Crippen LogP contribution is -2.49. The Bertz CT molecular complexity index is 310. The Morgan fingerprint density at radius 1 is 1.50 bits per heavy atom. The van der Waals surface area contributed by atoms with Gasteiger partial charge in [0.15, 0.2) is 0 Å². The second-order valence-corrected chi connectivity index (χ2v) is 4.25. The van der Waals surface area contributed by atoms with Gasteiger partial charge in [0.05, 0.1) is 12.7 Å². The molecule has 1 aliphatic rings. The molecule has 2 amide bonds. The number of β-amino-alcohol motifs (C(OH)–C–C–N with tert-alkyl or cyclic N) is 1. The van der Waals surface area contributed by atoms with Gasteiger partial charge in [-0.25, -0.2) is 9.59 Å². The highest BCUT2D eigenvalue weighted by molar-refractivity contribution is 5.83. The van der Waals surface area contributed by atoms with Gasteiger partial charge in [0, 0.05) is 33.2 Å². The summed E-state index contributed by atoms with van der Waals surface area (Å²) in [6.45, 7) is 3.16. The van der Waals surface area contributed by atoms with E-state index in [2.05, 4.69) is 0 Å². The molecule has 0 aromatic rings. The van der Waals surface area contributed by atoms with Gasteiger partial charge in [0.2, 0.25) is 0 Å². The fourth-order valence-corrected chi connectivity index (χ4v) is 2.03. The van der Waals surface area contributed by atoms with Gasteiger partial charge in [-0.1, -0.05) is 0 Å². The number of carbonyl (C=O) groups is 2. The maximum atomic E-state index is 12.2. The molecule has 2 atom stereocenters. The standard InChI is InChI=1S/C11H20N2O5/c1-3-12(4-5-18-2)11(17)13-7-8(14)6-9(13)10(15)16/h8-9,14H,3-7H2,1-2H3,(H,15,16)/t8-,9-/m0/s1. The summed E-state index contributed by atoms with van der Waals surface area (Å²) in [5, 5.41) is 18.5. The molecule has 0 unspecified atom stereocenters. The van der Waals surface area contributed by atoms with Crippen LogP contribution in [0.1, 0.15) is 13.3 Å². The van der Waals surface area contributed by atoms with Crippen LogP contribution in [0.25, 0.3) is 0 Å². The number of hydrogen-bond acceptors (Lipinski definition) is 4. The summed E-state index contributed by atoms with van der Waals surface area (Å²) >= 11 is 0. The van der Waals surface area contributed by atoms with Crippen LogP contribution in [0.5, 0.6) is 0 Å². The van der Waals surface area contributed by atoms with Crippen LogP contribution in [0.15, 0.2) is 0 Å². The van der Waals surface area contributed by atoms with Crippen LogP contribution in [0.2, 0.25) is 0 Å². The summed E-state index contributed by atoms with van der Waals surface area (Å²) in [6.07, 6.45) is -0.681. The number of carbonyl (C=O) groups excluding carboxylic acids is 1. The fourth-order valence-electron chi connectivity index (χ4n) is 2.03. The number of carboxylic acid groups (broad SMARTS) is 1. The zero-order chi connectivity index (χ0) is 13.7. The van der Waals surface area contributed by atoms with Crippen molar-refractivity contribution < 1.29 is 24.5 Å². The molecule has 0 bridgehead atoms. The first-order chi connectivity index (χ1) is 8.51. The van der Waals surface area contributed by atoms with E-state index in [0.29, 0.717) is 19.7 Å². The molecule has 1 fully saturated rings. The average molecular weight is 260 g/mol. The summed E-state index contributed by atoms with van der Waals surface area (Å²) in [6, 6.07) is -1.30. The van der Waals surface area contributed by atoms with Crippen molar-refractivity contribution in [2.45, 2.75) is 25.5 Å². The highest BCUT2D eigenvalue weighted by Gasteiger charge is 2.40. The molecule has 104 valence electrons. The minimum absolute atomic E-state index is 0.0687. The van der Waals surface area contributed by atoms with Crippen LogP contribution in [-0.4, -0.2) is 77.5 Å². The van der Waals surface area contributed by atoms with Crippen molar-refractivity contribution >= 4 is 12.0 Å². The predicted octanol–water partition coefficient (Wildman–Crippen LogP) is -0.405. The van der Waals surface area contributed by atoms with E-state index >= 15 is 0 Å². The summed E-state index contributed by atoms with van der Waals surface area (Å²) in [7, 11) is 1.54. The molecule has 0 radical (unpaired) electrons. The molecule has 0 saturated carbocycles. The highest BCUT2D eigenvalue weighted by atomic mass is 16.5. The Balaban J connectivity index is 2.70. The number of amides is 2. The van der Waals surface area contributed by atoms with Crippen LogP contribution in [0.4, 0.5) is 4.79 Å². The van der Waals surface area contributed by atoms with E-state index in [-0.39, 0.29) is 19.0 Å². The molecule has 0 aromatic heterocycles. The van der Waals surface area contributed by atoms with E-state index in [1.54, 1.807) is 0 Å². The summed E-state index contributed by atoms with van der Waals surface area (Å²) < 4.78 is 4.90. The molecule has 1 aliphatic heterocycles. The molecule has 1 rings (SSSR count). The first-order valence-electron chi connectivity index (χ1n) is 5.96.